The normalized spacial score (nSPS) is 19.2. The topological polar surface area (TPSA) is 27.3 Å². The van der Waals surface area contributed by atoms with Crippen molar-refractivity contribution < 1.29 is 0 Å². The van der Waals surface area contributed by atoms with Crippen molar-refractivity contribution in [1.29, 1.82) is 0 Å². The molecule has 0 amide bonds. The van der Waals surface area contributed by atoms with Gasteiger partial charge in [-0.2, -0.15) is 0 Å². The molecule has 0 aliphatic carbocycles. The first-order valence-electron chi connectivity index (χ1n) is 5.81. The molecule has 0 radical (unpaired) electrons. The van der Waals surface area contributed by atoms with Gasteiger partial charge in [-0.05, 0) is 65.0 Å². The lowest BCUT2D eigenvalue weighted by molar-refractivity contribution is 0.220. The highest BCUT2D eigenvalue weighted by atomic mass is 32.1. The number of hydrogen-bond acceptors (Lipinski definition) is 2. The molecule has 1 saturated heterocycles. The van der Waals surface area contributed by atoms with Crippen LogP contribution >= 0.6 is 12.2 Å². The average Bonchev–Trinajstić information content (AvgIpc) is 2.16. The van der Waals surface area contributed by atoms with E-state index < -0.39 is 0 Å². The van der Waals surface area contributed by atoms with Crippen LogP contribution in [0.2, 0.25) is 0 Å². The molecule has 0 aromatic heterocycles. The maximum atomic E-state index is 5.19. The highest BCUT2D eigenvalue weighted by Crippen LogP contribution is 2.14. The van der Waals surface area contributed by atoms with Gasteiger partial charge in [-0.25, -0.2) is 0 Å². The van der Waals surface area contributed by atoms with Crippen LogP contribution in [0.5, 0.6) is 0 Å². The molecule has 2 N–H and O–H groups in total. The predicted molar refractivity (Wildman–Crippen MR) is 69.1 cm³/mol. The summed E-state index contributed by atoms with van der Waals surface area (Å²) in [6.45, 7) is 7.66. The fraction of sp³-hybridized carbons (Fsp3) is 0.909. The number of rotatable bonds is 3. The molecular formula is C11H23N3S. The summed E-state index contributed by atoms with van der Waals surface area (Å²) in [6, 6.07) is 0.419. The molecule has 15 heavy (non-hydrogen) atoms. The summed E-state index contributed by atoms with van der Waals surface area (Å²) in [5.41, 5.74) is 0. The first-order valence-corrected chi connectivity index (χ1v) is 6.21. The molecule has 0 unspecified atom stereocenters. The van der Waals surface area contributed by atoms with Crippen molar-refractivity contribution in [1.82, 2.24) is 15.5 Å². The number of nitrogens with zero attached hydrogens (tertiary/aromatic N) is 1. The molecule has 1 aliphatic rings. The number of hydrogen-bond donors (Lipinski definition) is 2. The number of likely N-dealkylation sites (tertiary alicyclic amines) is 1. The molecule has 88 valence electrons. The van der Waals surface area contributed by atoms with E-state index in [9.17, 15) is 0 Å². The second-order valence-electron chi connectivity index (χ2n) is 4.76. The van der Waals surface area contributed by atoms with Gasteiger partial charge < -0.3 is 15.5 Å². The van der Waals surface area contributed by atoms with Gasteiger partial charge in [0.25, 0.3) is 0 Å². The van der Waals surface area contributed by atoms with E-state index in [1.54, 1.807) is 0 Å². The van der Waals surface area contributed by atoms with E-state index in [4.69, 9.17) is 12.2 Å². The van der Waals surface area contributed by atoms with Gasteiger partial charge in [0, 0.05) is 12.6 Å². The van der Waals surface area contributed by atoms with Gasteiger partial charge in [-0.15, -0.1) is 0 Å². The third-order valence-corrected chi connectivity index (χ3v) is 3.07. The van der Waals surface area contributed by atoms with Crippen LogP contribution in [0.15, 0.2) is 0 Å². The Morgan fingerprint density at radius 2 is 2.00 bits per heavy atom. The van der Waals surface area contributed by atoms with Crippen molar-refractivity contribution in [3.05, 3.63) is 0 Å². The van der Waals surface area contributed by atoms with E-state index in [2.05, 4.69) is 36.4 Å². The van der Waals surface area contributed by atoms with E-state index in [1.807, 2.05) is 0 Å². The Labute approximate surface area is 98.6 Å². The van der Waals surface area contributed by atoms with Crippen molar-refractivity contribution in [2.45, 2.75) is 32.7 Å². The molecule has 0 saturated carbocycles. The Bertz CT molecular complexity index is 198. The Hall–Kier alpha value is -0.350. The maximum absolute atomic E-state index is 5.19. The van der Waals surface area contributed by atoms with Crippen LogP contribution in [0.1, 0.15) is 26.7 Å². The van der Waals surface area contributed by atoms with Crippen molar-refractivity contribution in [2.75, 3.05) is 26.7 Å². The zero-order valence-corrected chi connectivity index (χ0v) is 10.9. The van der Waals surface area contributed by atoms with Gasteiger partial charge in [-0.3, -0.25) is 0 Å². The summed E-state index contributed by atoms with van der Waals surface area (Å²) in [7, 11) is 2.19. The standard InChI is InChI=1S/C11H23N3S/c1-9(2)13-11(15)12-8-10-4-6-14(3)7-5-10/h9-10H,4-8H2,1-3H3,(H2,12,13,15). The monoisotopic (exact) mass is 229 g/mol. The summed E-state index contributed by atoms with van der Waals surface area (Å²) in [6.07, 6.45) is 2.57. The summed E-state index contributed by atoms with van der Waals surface area (Å²) in [5, 5.41) is 7.30. The maximum Gasteiger partial charge on any atom is 0.166 e. The van der Waals surface area contributed by atoms with Crippen LogP contribution in [0, 0.1) is 5.92 Å². The molecule has 0 aromatic carbocycles. The molecule has 0 spiro atoms. The SMILES string of the molecule is CC(C)NC(=S)NCC1CCN(C)CC1. The molecule has 3 nitrogen and oxygen atoms in total. The van der Waals surface area contributed by atoms with Crippen LogP contribution in [-0.2, 0) is 0 Å². The highest BCUT2D eigenvalue weighted by molar-refractivity contribution is 7.80. The minimum Gasteiger partial charge on any atom is -0.362 e. The summed E-state index contributed by atoms with van der Waals surface area (Å²) in [5.74, 6) is 0.785. The minimum absolute atomic E-state index is 0.419. The van der Waals surface area contributed by atoms with E-state index in [0.717, 1.165) is 17.6 Å². The third-order valence-electron chi connectivity index (χ3n) is 2.81. The number of thiocarbonyl (C=S) groups is 1. The van der Waals surface area contributed by atoms with Gasteiger partial charge in [0.2, 0.25) is 0 Å². The van der Waals surface area contributed by atoms with E-state index >= 15 is 0 Å². The molecule has 0 aromatic rings. The Kier molecular flexibility index (Phi) is 5.32. The van der Waals surface area contributed by atoms with Gasteiger partial charge in [0.05, 0.1) is 0 Å². The summed E-state index contributed by atoms with van der Waals surface area (Å²) in [4.78, 5) is 2.39. The smallest absolute Gasteiger partial charge is 0.166 e. The quantitative estimate of drug-likeness (QED) is 0.711. The molecule has 0 bridgehead atoms. The fourth-order valence-electron chi connectivity index (χ4n) is 1.82. The van der Waals surface area contributed by atoms with Crippen molar-refractivity contribution in [3.8, 4) is 0 Å². The van der Waals surface area contributed by atoms with Crippen LogP contribution in [0.25, 0.3) is 0 Å². The second kappa shape index (κ2) is 6.28. The molecule has 0 atom stereocenters. The lowest BCUT2D eigenvalue weighted by Gasteiger charge is -2.29. The Balaban J connectivity index is 2.12. The molecular weight excluding hydrogens is 206 g/mol. The van der Waals surface area contributed by atoms with Crippen molar-refractivity contribution in [2.24, 2.45) is 5.92 Å². The fourth-order valence-corrected chi connectivity index (χ4v) is 2.14. The summed E-state index contributed by atoms with van der Waals surface area (Å²) >= 11 is 5.19. The van der Waals surface area contributed by atoms with E-state index in [1.165, 1.54) is 25.9 Å². The molecule has 1 rings (SSSR count). The average molecular weight is 229 g/mol. The first-order chi connectivity index (χ1) is 7.08. The highest BCUT2D eigenvalue weighted by Gasteiger charge is 2.16. The number of nitrogens with one attached hydrogen (secondary N) is 2. The van der Waals surface area contributed by atoms with Crippen LogP contribution in [-0.4, -0.2) is 42.7 Å². The predicted octanol–water partition coefficient (Wildman–Crippen LogP) is 1.20. The first kappa shape index (κ1) is 12.7. The lowest BCUT2D eigenvalue weighted by atomic mass is 9.97. The van der Waals surface area contributed by atoms with Gasteiger partial charge in [0.15, 0.2) is 5.11 Å². The molecule has 1 fully saturated rings. The van der Waals surface area contributed by atoms with Crippen LogP contribution in [0.3, 0.4) is 0 Å². The molecule has 1 heterocycles. The number of piperidine rings is 1. The zero-order chi connectivity index (χ0) is 11.3. The minimum atomic E-state index is 0.419. The van der Waals surface area contributed by atoms with Crippen molar-refractivity contribution >= 4 is 17.3 Å². The Morgan fingerprint density at radius 3 is 2.53 bits per heavy atom. The van der Waals surface area contributed by atoms with Crippen LogP contribution < -0.4 is 10.6 Å². The molecule has 4 heteroatoms. The van der Waals surface area contributed by atoms with Gasteiger partial charge in [-0.1, -0.05) is 0 Å². The van der Waals surface area contributed by atoms with Crippen molar-refractivity contribution in [3.63, 3.8) is 0 Å². The lowest BCUT2D eigenvalue weighted by Crippen LogP contribution is -2.43. The Morgan fingerprint density at radius 1 is 1.40 bits per heavy atom. The summed E-state index contributed by atoms with van der Waals surface area (Å²) < 4.78 is 0. The van der Waals surface area contributed by atoms with E-state index in [0.29, 0.717) is 6.04 Å². The van der Waals surface area contributed by atoms with Gasteiger partial charge >= 0.3 is 0 Å². The van der Waals surface area contributed by atoms with Crippen LogP contribution in [0.4, 0.5) is 0 Å². The zero-order valence-electron chi connectivity index (χ0n) is 10.0. The third kappa shape index (κ3) is 5.33. The van der Waals surface area contributed by atoms with E-state index in [-0.39, 0.29) is 0 Å². The molecule has 1 aliphatic heterocycles. The van der Waals surface area contributed by atoms with Gasteiger partial charge in [0.1, 0.15) is 0 Å². The largest absolute Gasteiger partial charge is 0.362 e. The second-order valence-corrected chi connectivity index (χ2v) is 5.16.